The predicted octanol–water partition coefficient (Wildman–Crippen LogP) is 2.17. The Bertz CT molecular complexity index is 427. The maximum Gasteiger partial charge on any atom is 0.143 e. The van der Waals surface area contributed by atoms with Crippen molar-refractivity contribution in [3.05, 3.63) is 41.1 Å². The minimum absolute atomic E-state index is 0.371. The highest BCUT2D eigenvalue weighted by atomic mass is 79.9. The van der Waals surface area contributed by atoms with Crippen molar-refractivity contribution < 1.29 is 4.39 Å². The summed E-state index contributed by atoms with van der Waals surface area (Å²) in [5.74, 6) is -0.371. The predicted molar refractivity (Wildman–Crippen MR) is 49.0 cm³/mol. The third-order valence-corrected chi connectivity index (χ3v) is 1.92. The first kappa shape index (κ1) is 8.37. The number of rotatable bonds is 1. The van der Waals surface area contributed by atoms with Crippen LogP contribution in [0.1, 0.15) is 0 Å². The van der Waals surface area contributed by atoms with E-state index in [0.29, 0.717) is 5.69 Å². The molecule has 2 rings (SSSR count). The maximum atomic E-state index is 12.7. The molecule has 2 heterocycles. The van der Waals surface area contributed by atoms with Gasteiger partial charge in [-0.3, -0.25) is 4.98 Å². The average molecular weight is 242 g/mol. The molecule has 0 aromatic carbocycles. The highest BCUT2D eigenvalue weighted by molar-refractivity contribution is 9.10. The number of hydrogen-bond acceptors (Lipinski definition) is 2. The Hall–Kier alpha value is -1.23. The van der Waals surface area contributed by atoms with E-state index in [0.717, 1.165) is 10.7 Å². The van der Waals surface area contributed by atoms with Gasteiger partial charge in [0.2, 0.25) is 0 Å². The van der Waals surface area contributed by atoms with Crippen LogP contribution in [0.3, 0.4) is 0 Å². The van der Waals surface area contributed by atoms with E-state index >= 15 is 0 Å². The molecular weight excluding hydrogens is 237 g/mol. The SMILES string of the molecule is Fc1cncc(-n2cc(Br)cn2)c1. The molecule has 2 aromatic heterocycles. The number of nitrogens with zero attached hydrogens (tertiary/aromatic N) is 3. The Morgan fingerprint density at radius 2 is 2.15 bits per heavy atom. The van der Waals surface area contributed by atoms with E-state index in [9.17, 15) is 4.39 Å². The fourth-order valence-electron chi connectivity index (χ4n) is 0.968. The molecule has 0 aliphatic rings. The Morgan fingerprint density at radius 3 is 2.77 bits per heavy atom. The van der Waals surface area contributed by atoms with Gasteiger partial charge in [0.25, 0.3) is 0 Å². The van der Waals surface area contributed by atoms with Gasteiger partial charge in [0.15, 0.2) is 0 Å². The summed E-state index contributed by atoms with van der Waals surface area (Å²) >= 11 is 3.25. The topological polar surface area (TPSA) is 30.7 Å². The van der Waals surface area contributed by atoms with Gasteiger partial charge in [-0.15, -0.1) is 0 Å². The van der Waals surface area contributed by atoms with Crippen LogP contribution in [0.5, 0.6) is 0 Å². The van der Waals surface area contributed by atoms with Crippen LogP contribution in [-0.4, -0.2) is 14.8 Å². The Labute approximate surface area is 82.3 Å². The molecule has 0 saturated carbocycles. The van der Waals surface area contributed by atoms with Crippen LogP contribution in [0.25, 0.3) is 5.69 Å². The van der Waals surface area contributed by atoms with Crippen molar-refractivity contribution in [1.82, 2.24) is 14.8 Å². The number of aromatic nitrogens is 3. The van der Waals surface area contributed by atoms with Gasteiger partial charge in [0.1, 0.15) is 5.82 Å². The summed E-state index contributed by atoms with van der Waals surface area (Å²) in [6.45, 7) is 0. The first-order chi connectivity index (χ1) is 6.25. The van der Waals surface area contributed by atoms with Gasteiger partial charge in [0.05, 0.1) is 28.8 Å². The normalized spacial score (nSPS) is 10.3. The van der Waals surface area contributed by atoms with E-state index in [4.69, 9.17) is 0 Å². The van der Waals surface area contributed by atoms with Crippen molar-refractivity contribution in [3.8, 4) is 5.69 Å². The van der Waals surface area contributed by atoms with Gasteiger partial charge in [-0.1, -0.05) is 0 Å². The average Bonchev–Trinajstić information content (AvgIpc) is 2.52. The summed E-state index contributed by atoms with van der Waals surface area (Å²) < 4.78 is 15.1. The standard InChI is InChI=1S/C8H5BrFN3/c9-6-2-12-13(5-6)8-1-7(10)3-11-4-8/h1-5H. The largest absolute Gasteiger partial charge is 0.259 e. The zero-order valence-electron chi connectivity index (χ0n) is 6.48. The number of hydrogen-bond donors (Lipinski definition) is 0. The second-order valence-electron chi connectivity index (χ2n) is 2.46. The summed E-state index contributed by atoms with van der Waals surface area (Å²) in [5.41, 5.74) is 0.603. The van der Waals surface area contributed by atoms with Gasteiger partial charge in [-0.2, -0.15) is 5.10 Å². The molecule has 0 aliphatic carbocycles. The lowest BCUT2D eigenvalue weighted by Crippen LogP contribution is -1.95. The maximum absolute atomic E-state index is 12.7. The second-order valence-corrected chi connectivity index (χ2v) is 3.38. The summed E-state index contributed by atoms with van der Waals surface area (Å²) in [4.78, 5) is 3.72. The molecule has 0 radical (unpaired) electrons. The summed E-state index contributed by atoms with van der Waals surface area (Å²) in [6, 6.07) is 1.37. The van der Waals surface area contributed by atoms with Crippen molar-refractivity contribution in [2.75, 3.05) is 0 Å². The molecule has 0 unspecified atom stereocenters. The third kappa shape index (κ3) is 1.75. The molecule has 2 aromatic rings. The van der Waals surface area contributed by atoms with Crippen molar-refractivity contribution in [3.63, 3.8) is 0 Å². The molecule has 0 fully saturated rings. The lowest BCUT2D eigenvalue weighted by Gasteiger charge is -1.98. The molecular formula is C8H5BrFN3. The summed E-state index contributed by atoms with van der Waals surface area (Å²) in [6.07, 6.45) is 6.06. The fourth-order valence-corrected chi connectivity index (χ4v) is 1.25. The van der Waals surface area contributed by atoms with Gasteiger partial charge in [-0.25, -0.2) is 9.07 Å². The molecule has 0 aliphatic heterocycles. The summed E-state index contributed by atoms with van der Waals surface area (Å²) in [7, 11) is 0. The van der Waals surface area contributed by atoms with E-state index in [1.54, 1.807) is 23.3 Å². The van der Waals surface area contributed by atoms with Gasteiger partial charge >= 0.3 is 0 Å². The van der Waals surface area contributed by atoms with E-state index < -0.39 is 0 Å². The molecule has 3 nitrogen and oxygen atoms in total. The van der Waals surface area contributed by atoms with Crippen molar-refractivity contribution in [2.24, 2.45) is 0 Å². The molecule has 66 valence electrons. The fraction of sp³-hybridized carbons (Fsp3) is 0. The first-order valence-electron chi connectivity index (χ1n) is 3.57. The minimum atomic E-state index is -0.371. The van der Waals surface area contributed by atoms with Gasteiger partial charge in [0, 0.05) is 12.3 Å². The third-order valence-electron chi connectivity index (χ3n) is 1.51. The molecule has 0 saturated heterocycles. The Morgan fingerprint density at radius 1 is 1.31 bits per heavy atom. The van der Waals surface area contributed by atoms with E-state index in [1.807, 2.05) is 0 Å². The molecule has 13 heavy (non-hydrogen) atoms. The van der Waals surface area contributed by atoms with Crippen LogP contribution in [0.4, 0.5) is 4.39 Å². The monoisotopic (exact) mass is 241 g/mol. The van der Waals surface area contributed by atoms with Crippen molar-refractivity contribution in [1.29, 1.82) is 0 Å². The zero-order valence-corrected chi connectivity index (χ0v) is 8.07. The Balaban J connectivity index is 2.46. The van der Waals surface area contributed by atoms with E-state index in [2.05, 4.69) is 26.0 Å². The van der Waals surface area contributed by atoms with Crippen molar-refractivity contribution in [2.45, 2.75) is 0 Å². The first-order valence-corrected chi connectivity index (χ1v) is 4.36. The number of pyridine rings is 1. The summed E-state index contributed by atoms with van der Waals surface area (Å²) in [5, 5.41) is 3.99. The molecule has 0 N–H and O–H groups in total. The van der Waals surface area contributed by atoms with Crippen LogP contribution in [0.2, 0.25) is 0 Å². The van der Waals surface area contributed by atoms with Gasteiger partial charge < -0.3 is 0 Å². The smallest absolute Gasteiger partial charge is 0.143 e. The van der Waals surface area contributed by atoms with Crippen molar-refractivity contribution >= 4 is 15.9 Å². The quantitative estimate of drug-likeness (QED) is 0.767. The minimum Gasteiger partial charge on any atom is -0.259 e. The number of halogens is 2. The van der Waals surface area contributed by atoms with Crippen LogP contribution in [0.15, 0.2) is 35.3 Å². The molecule has 0 amide bonds. The van der Waals surface area contributed by atoms with Crippen LogP contribution in [0, 0.1) is 5.82 Å². The molecule has 5 heteroatoms. The lowest BCUT2D eigenvalue weighted by molar-refractivity contribution is 0.618. The van der Waals surface area contributed by atoms with E-state index in [1.165, 1.54) is 6.07 Å². The van der Waals surface area contributed by atoms with Crippen LogP contribution < -0.4 is 0 Å². The van der Waals surface area contributed by atoms with Crippen LogP contribution >= 0.6 is 15.9 Å². The molecule has 0 bridgehead atoms. The highest BCUT2D eigenvalue weighted by Crippen LogP contribution is 2.11. The second kappa shape index (κ2) is 3.26. The highest BCUT2D eigenvalue weighted by Gasteiger charge is 1.99. The Kier molecular flexibility index (Phi) is 2.10. The molecule has 0 spiro atoms. The zero-order chi connectivity index (χ0) is 9.26. The van der Waals surface area contributed by atoms with Gasteiger partial charge in [-0.05, 0) is 15.9 Å². The molecule has 0 atom stereocenters. The van der Waals surface area contributed by atoms with E-state index in [-0.39, 0.29) is 5.82 Å². The van der Waals surface area contributed by atoms with Crippen LogP contribution in [-0.2, 0) is 0 Å². The lowest BCUT2D eigenvalue weighted by atomic mass is 10.4.